The van der Waals surface area contributed by atoms with E-state index in [0.717, 1.165) is 6.07 Å². The number of ether oxygens (including phenoxy) is 1. The number of amides is 1. The van der Waals surface area contributed by atoms with Gasteiger partial charge in [-0.25, -0.2) is 18.9 Å². The Morgan fingerprint density at radius 2 is 2.20 bits per heavy atom. The lowest BCUT2D eigenvalue weighted by molar-refractivity contribution is 0.0586. The molecule has 0 saturated carbocycles. The van der Waals surface area contributed by atoms with Gasteiger partial charge in [0.15, 0.2) is 0 Å². The summed E-state index contributed by atoms with van der Waals surface area (Å²) in [5.41, 5.74) is 5.53. The summed E-state index contributed by atoms with van der Waals surface area (Å²) in [5.74, 6) is -1.97. The van der Waals surface area contributed by atoms with Crippen molar-refractivity contribution in [2.45, 2.75) is 6.54 Å². The highest BCUT2D eigenvalue weighted by Crippen LogP contribution is 2.12. The Morgan fingerprint density at radius 3 is 2.85 bits per heavy atom. The van der Waals surface area contributed by atoms with Crippen LogP contribution in [0.4, 0.5) is 4.39 Å². The topological polar surface area (TPSA) is 100 Å². The van der Waals surface area contributed by atoms with Crippen LogP contribution in [0.25, 0.3) is 0 Å². The zero-order valence-corrected chi connectivity index (χ0v) is 10.5. The molecule has 8 heteroatoms. The molecule has 1 aromatic heterocycles. The van der Waals surface area contributed by atoms with E-state index < -0.39 is 17.7 Å². The summed E-state index contributed by atoms with van der Waals surface area (Å²) in [6.07, 6.45) is 1.27. The van der Waals surface area contributed by atoms with Crippen molar-refractivity contribution >= 4 is 11.9 Å². The highest BCUT2D eigenvalue weighted by atomic mass is 19.1. The second-order valence-electron chi connectivity index (χ2n) is 3.93. The largest absolute Gasteiger partial charge is 0.463 e. The first-order valence-electron chi connectivity index (χ1n) is 5.57. The minimum Gasteiger partial charge on any atom is -0.463 e. The van der Waals surface area contributed by atoms with Gasteiger partial charge in [0, 0.05) is 11.1 Å². The molecule has 0 aliphatic carbocycles. The summed E-state index contributed by atoms with van der Waals surface area (Å²) in [6.45, 7) is 0.0109. The minimum atomic E-state index is -0.685. The molecule has 0 aliphatic rings. The van der Waals surface area contributed by atoms with E-state index in [2.05, 4.69) is 14.8 Å². The number of carbonyl (C=O) groups excluding carboxylic acids is 2. The van der Waals surface area contributed by atoms with Gasteiger partial charge in [0.05, 0.1) is 13.7 Å². The van der Waals surface area contributed by atoms with E-state index >= 15 is 0 Å². The maximum atomic E-state index is 13.6. The predicted molar refractivity (Wildman–Crippen MR) is 65.4 cm³/mol. The number of carbonyl (C=O) groups is 2. The molecule has 2 aromatic rings. The molecule has 104 valence electrons. The standard InChI is InChI=1S/C12H11FN4O3/c1-20-12(19)11-15-6-17(16-11)5-8-4-7(10(14)18)2-3-9(8)13/h2-4,6H,5H2,1H3,(H2,14,18). The van der Waals surface area contributed by atoms with Crippen molar-refractivity contribution in [3.63, 3.8) is 0 Å². The minimum absolute atomic E-state index is 0.0109. The van der Waals surface area contributed by atoms with E-state index in [0.29, 0.717) is 0 Å². The van der Waals surface area contributed by atoms with Gasteiger partial charge in [0.1, 0.15) is 12.1 Å². The Hall–Kier alpha value is -2.77. The molecule has 0 saturated heterocycles. The lowest BCUT2D eigenvalue weighted by Gasteiger charge is -2.04. The number of halogens is 1. The lowest BCUT2D eigenvalue weighted by Crippen LogP contribution is -2.13. The van der Waals surface area contributed by atoms with Gasteiger partial charge in [-0.1, -0.05) is 0 Å². The Labute approximate surface area is 113 Å². The summed E-state index contributed by atoms with van der Waals surface area (Å²) in [7, 11) is 1.21. The van der Waals surface area contributed by atoms with Gasteiger partial charge < -0.3 is 10.5 Å². The Balaban J connectivity index is 2.25. The number of hydrogen-bond acceptors (Lipinski definition) is 5. The molecular weight excluding hydrogens is 267 g/mol. The molecule has 0 atom stereocenters. The summed E-state index contributed by atoms with van der Waals surface area (Å²) in [4.78, 5) is 26.0. The number of aromatic nitrogens is 3. The molecule has 7 nitrogen and oxygen atoms in total. The van der Waals surface area contributed by atoms with E-state index in [1.165, 1.54) is 30.3 Å². The molecule has 0 unspecified atom stereocenters. The van der Waals surface area contributed by atoms with Crippen molar-refractivity contribution < 1.29 is 18.7 Å². The van der Waals surface area contributed by atoms with Crippen LogP contribution in [0.2, 0.25) is 0 Å². The van der Waals surface area contributed by atoms with E-state index in [1.807, 2.05) is 0 Å². The van der Waals surface area contributed by atoms with Gasteiger partial charge in [-0.3, -0.25) is 4.79 Å². The number of nitrogens with two attached hydrogens (primary N) is 1. The molecule has 1 heterocycles. The molecule has 0 aliphatic heterocycles. The molecule has 2 rings (SSSR count). The predicted octanol–water partition coefficient (Wildman–Crippen LogP) is 0.351. The van der Waals surface area contributed by atoms with Crippen LogP contribution in [0.1, 0.15) is 26.5 Å². The molecule has 1 amide bonds. The van der Waals surface area contributed by atoms with Crippen molar-refractivity contribution in [3.8, 4) is 0 Å². The van der Waals surface area contributed by atoms with Crippen molar-refractivity contribution in [2.24, 2.45) is 5.73 Å². The Bertz CT molecular complexity index is 668. The normalized spacial score (nSPS) is 10.3. The molecule has 0 spiro atoms. The van der Waals surface area contributed by atoms with Crippen LogP contribution in [0, 0.1) is 5.82 Å². The van der Waals surface area contributed by atoms with E-state index in [4.69, 9.17) is 5.73 Å². The van der Waals surface area contributed by atoms with Gasteiger partial charge in [-0.2, -0.15) is 0 Å². The monoisotopic (exact) mass is 278 g/mol. The first-order valence-corrected chi connectivity index (χ1v) is 5.57. The van der Waals surface area contributed by atoms with Gasteiger partial charge in [0.2, 0.25) is 5.91 Å². The van der Waals surface area contributed by atoms with Gasteiger partial charge in [0.25, 0.3) is 5.82 Å². The third-order valence-electron chi connectivity index (χ3n) is 2.57. The number of methoxy groups -OCH3 is 1. The molecule has 0 bridgehead atoms. The number of hydrogen-bond donors (Lipinski definition) is 1. The quantitative estimate of drug-likeness (QED) is 0.813. The van der Waals surface area contributed by atoms with Crippen LogP contribution in [0.5, 0.6) is 0 Å². The van der Waals surface area contributed by atoms with E-state index in [9.17, 15) is 14.0 Å². The fourth-order valence-electron chi connectivity index (χ4n) is 1.58. The molecule has 1 aromatic carbocycles. The summed E-state index contributed by atoms with van der Waals surface area (Å²) >= 11 is 0. The van der Waals surface area contributed by atoms with Crippen molar-refractivity contribution in [2.75, 3.05) is 7.11 Å². The van der Waals surface area contributed by atoms with E-state index in [1.54, 1.807) is 0 Å². The molecule has 2 N–H and O–H groups in total. The number of benzene rings is 1. The molecule has 0 fully saturated rings. The summed E-state index contributed by atoms with van der Waals surface area (Å²) < 4.78 is 19.4. The van der Waals surface area contributed by atoms with Gasteiger partial charge >= 0.3 is 5.97 Å². The Morgan fingerprint density at radius 1 is 1.45 bits per heavy atom. The second-order valence-corrected chi connectivity index (χ2v) is 3.93. The first-order chi connectivity index (χ1) is 9.51. The lowest BCUT2D eigenvalue weighted by atomic mass is 10.1. The second kappa shape index (κ2) is 5.47. The zero-order valence-electron chi connectivity index (χ0n) is 10.5. The van der Waals surface area contributed by atoms with Crippen LogP contribution in [0.3, 0.4) is 0 Å². The molecule has 0 radical (unpaired) electrons. The maximum Gasteiger partial charge on any atom is 0.377 e. The first kappa shape index (κ1) is 13.7. The molecular formula is C12H11FN4O3. The van der Waals surface area contributed by atoms with Crippen molar-refractivity contribution in [3.05, 3.63) is 47.3 Å². The smallest absolute Gasteiger partial charge is 0.377 e. The Kier molecular flexibility index (Phi) is 3.74. The van der Waals surface area contributed by atoms with Gasteiger partial charge in [-0.15, -0.1) is 5.10 Å². The number of primary amides is 1. The average molecular weight is 278 g/mol. The van der Waals surface area contributed by atoms with Crippen LogP contribution < -0.4 is 5.73 Å². The highest BCUT2D eigenvalue weighted by molar-refractivity contribution is 5.92. The highest BCUT2D eigenvalue weighted by Gasteiger charge is 2.13. The summed E-state index contributed by atoms with van der Waals surface area (Å²) in [6, 6.07) is 3.77. The number of rotatable bonds is 4. The SMILES string of the molecule is COC(=O)c1ncn(Cc2cc(C(N)=O)ccc2F)n1. The van der Waals surface area contributed by atoms with Crippen LogP contribution >= 0.6 is 0 Å². The van der Waals surface area contributed by atoms with Crippen molar-refractivity contribution in [1.82, 2.24) is 14.8 Å². The van der Waals surface area contributed by atoms with Crippen LogP contribution in [0.15, 0.2) is 24.5 Å². The van der Waals surface area contributed by atoms with E-state index in [-0.39, 0.29) is 23.5 Å². The van der Waals surface area contributed by atoms with Gasteiger partial charge in [-0.05, 0) is 18.2 Å². The number of esters is 1. The molecule has 20 heavy (non-hydrogen) atoms. The van der Waals surface area contributed by atoms with Crippen LogP contribution in [-0.4, -0.2) is 33.8 Å². The average Bonchev–Trinajstić information content (AvgIpc) is 2.88. The van der Waals surface area contributed by atoms with Crippen molar-refractivity contribution in [1.29, 1.82) is 0 Å². The maximum absolute atomic E-state index is 13.6. The fourth-order valence-corrected chi connectivity index (χ4v) is 1.58. The third-order valence-corrected chi connectivity index (χ3v) is 2.57. The summed E-state index contributed by atoms with van der Waals surface area (Å²) in [5, 5.41) is 3.84. The number of nitrogens with zero attached hydrogens (tertiary/aromatic N) is 3. The third kappa shape index (κ3) is 2.79. The fraction of sp³-hybridized carbons (Fsp3) is 0.167. The zero-order chi connectivity index (χ0) is 14.7. The van der Waals surface area contributed by atoms with Crippen LogP contribution in [-0.2, 0) is 11.3 Å².